The summed E-state index contributed by atoms with van der Waals surface area (Å²) >= 11 is 1.83. The zero-order chi connectivity index (χ0) is 16.7. The van der Waals surface area contributed by atoms with Crippen LogP contribution in [0.5, 0.6) is 5.75 Å². The molecule has 1 atom stereocenters. The summed E-state index contributed by atoms with van der Waals surface area (Å²) in [5.74, 6) is 1.59. The monoisotopic (exact) mass is 338 g/mol. The average Bonchev–Trinajstić information content (AvgIpc) is 2.59. The van der Waals surface area contributed by atoms with Crippen molar-refractivity contribution in [3.05, 3.63) is 29.8 Å². The number of aliphatic hydroxyl groups is 1. The van der Waals surface area contributed by atoms with Crippen LogP contribution in [0.2, 0.25) is 0 Å². The third-order valence-electron chi connectivity index (χ3n) is 4.07. The van der Waals surface area contributed by atoms with Gasteiger partial charge in [0.15, 0.2) is 6.10 Å². The van der Waals surface area contributed by atoms with Gasteiger partial charge in [-0.3, -0.25) is 9.69 Å². The number of hydrogen-bond donors (Lipinski definition) is 1. The maximum Gasteiger partial charge on any atom is 0.255 e. The van der Waals surface area contributed by atoms with Crippen LogP contribution < -0.4 is 4.74 Å². The maximum atomic E-state index is 12.3. The number of ether oxygens (including phenoxy) is 1. The van der Waals surface area contributed by atoms with Crippen molar-refractivity contribution < 1.29 is 14.6 Å². The van der Waals surface area contributed by atoms with E-state index in [1.165, 1.54) is 0 Å². The van der Waals surface area contributed by atoms with Crippen molar-refractivity contribution in [2.45, 2.75) is 13.0 Å². The molecule has 1 aliphatic heterocycles. The van der Waals surface area contributed by atoms with E-state index in [0.717, 1.165) is 31.0 Å². The number of carbonyl (C=O) groups excluding carboxylic acids is 1. The molecule has 1 N–H and O–H groups in total. The first-order valence-corrected chi connectivity index (χ1v) is 9.37. The highest BCUT2D eigenvalue weighted by Gasteiger charge is 2.26. The molecule has 0 radical (unpaired) electrons. The number of carbonyl (C=O) groups is 1. The second-order valence-corrected chi connectivity index (χ2v) is 6.74. The Morgan fingerprint density at radius 2 is 2.00 bits per heavy atom. The van der Waals surface area contributed by atoms with E-state index < -0.39 is 6.10 Å². The van der Waals surface area contributed by atoms with E-state index in [4.69, 9.17) is 4.74 Å². The highest BCUT2D eigenvalue weighted by atomic mass is 32.2. The minimum absolute atomic E-state index is 0.00360. The van der Waals surface area contributed by atoms with E-state index in [9.17, 15) is 9.90 Å². The minimum atomic E-state index is -1.10. The van der Waals surface area contributed by atoms with Gasteiger partial charge in [-0.1, -0.05) is 18.2 Å². The predicted molar refractivity (Wildman–Crippen MR) is 94.1 cm³/mol. The average molecular weight is 338 g/mol. The minimum Gasteiger partial charge on any atom is -0.490 e. The van der Waals surface area contributed by atoms with Gasteiger partial charge in [-0.15, -0.1) is 0 Å². The lowest BCUT2D eigenvalue weighted by molar-refractivity contribution is -0.143. The molecule has 1 aromatic rings. The van der Waals surface area contributed by atoms with Gasteiger partial charge < -0.3 is 14.7 Å². The normalized spacial score (nSPS) is 17.1. The first kappa shape index (κ1) is 18.1. The lowest BCUT2D eigenvalue weighted by Crippen LogP contribution is -2.52. The zero-order valence-electron chi connectivity index (χ0n) is 13.9. The molecule has 0 bridgehead atoms. The Bertz CT molecular complexity index is 504. The van der Waals surface area contributed by atoms with E-state index in [0.29, 0.717) is 18.8 Å². The molecule has 2 rings (SSSR count). The number of aryl methyl sites for hydroxylation is 1. The third kappa shape index (κ3) is 5.41. The molecule has 0 saturated carbocycles. The number of benzene rings is 1. The molecule has 1 aromatic carbocycles. The number of amides is 1. The van der Waals surface area contributed by atoms with Gasteiger partial charge in [0.05, 0.1) is 0 Å². The molecule has 0 spiro atoms. The number of thioether (sulfide) groups is 1. The van der Waals surface area contributed by atoms with Crippen LogP contribution in [0.4, 0.5) is 0 Å². The Kier molecular flexibility index (Phi) is 7.20. The van der Waals surface area contributed by atoms with Crippen molar-refractivity contribution in [1.29, 1.82) is 0 Å². The van der Waals surface area contributed by atoms with Gasteiger partial charge in [-0.2, -0.15) is 11.8 Å². The van der Waals surface area contributed by atoms with Crippen LogP contribution >= 0.6 is 11.8 Å². The van der Waals surface area contributed by atoms with Gasteiger partial charge in [0.2, 0.25) is 0 Å². The molecule has 0 aliphatic carbocycles. The van der Waals surface area contributed by atoms with E-state index in [-0.39, 0.29) is 12.5 Å². The fourth-order valence-electron chi connectivity index (χ4n) is 2.58. The Hall–Kier alpha value is -1.24. The van der Waals surface area contributed by atoms with Crippen molar-refractivity contribution in [2.24, 2.45) is 0 Å². The fraction of sp³-hybridized carbons (Fsp3) is 0.588. The Labute approximate surface area is 142 Å². The molecule has 1 saturated heterocycles. The van der Waals surface area contributed by atoms with E-state index in [1.807, 2.05) is 43.0 Å². The number of aliphatic hydroxyl groups excluding tert-OH is 1. The van der Waals surface area contributed by atoms with Gasteiger partial charge in [-0.05, 0) is 24.8 Å². The van der Waals surface area contributed by atoms with Crippen LogP contribution in [-0.2, 0) is 4.79 Å². The van der Waals surface area contributed by atoms with Gasteiger partial charge in [0, 0.05) is 38.5 Å². The predicted octanol–water partition coefficient (Wildman–Crippen LogP) is 1.24. The van der Waals surface area contributed by atoms with Crippen LogP contribution in [0, 0.1) is 6.92 Å². The van der Waals surface area contributed by atoms with E-state index >= 15 is 0 Å². The molecule has 1 aliphatic rings. The molecular weight excluding hydrogens is 312 g/mol. The summed E-state index contributed by atoms with van der Waals surface area (Å²) < 4.78 is 5.57. The van der Waals surface area contributed by atoms with Crippen LogP contribution in [0.1, 0.15) is 5.56 Å². The standard InChI is InChI=1S/C17H26N2O3S/c1-14-5-3-4-6-16(14)22-13-15(20)17(21)19-9-7-18(8-10-19)11-12-23-2/h3-6,15,20H,7-13H2,1-2H3. The Morgan fingerprint density at radius 1 is 1.30 bits per heavy atom. The van der Waals surface area contributed by atoms with Crippen molar-refractivity contribution in [2.75, 3.05) is 51.3 Å². The smallest absolute Gasteiger partial charge is 0.255 e. The second kappa shape index (κ2) is 9.15. The molecular formula is C17H26N2O3S. The van der Waals surface area contributed by atoms with Crippen molar-refractivity contribution in [3.63, 3.8) is 0 Å². The maximum absolute atomic E-state index is 12.3. The highest BCUT2D eigenvalue weighted by molar-refractivity contribution is 7.98. The van der Waals surface area contributed by atoms with Gasteiger partial charge in [0.1, 0.15) is 12.4 Å². The fourth-order valence-corrected chi connectivity index (χ4v) is 3.02. The van der Waals surface area contributed by atoms with E-state index in [1.54, 1.807) is 4.90 Å². The number of nitrogens with zero attached hydrogens (tertiary/aromatic N) is 2. The number of piperazine rings is 1. The molecule has 1 heterocycles. The summed E-state index contributed by atoms with van der Waals surface area (Å²) in [7, 11) is 0. The summed E-state index contributed by atoms with van der Waals surface area (Å²) in [6.07, 6.45) is 0.997. The number of para-hydroxylation sites is 1. The van der Waals surface area contributed by atoms with Crippen LogP contribution in [0.25, 0.3) is 0 Å². The molecule has 23 heavy (non-hydrogen) atoms. The SMILES string of the molecule is CSCCN1CCN(C(=O)C(O)COc2ccccc2C)CC1. The van der Waals surface area contributed by atoms with Gasteiger partial charge >= 0.3 is 0 Å². The lowest BCUT2D eigenvalue weighted by atomic mass is 10.2. The molecule has 6 heteroatoms. The lowest BCUT2D eigenvalue weighted by Gasteiger charge is -2.35. The third-order valence-corrected chi connectivity index (χ3v) is 4.66. The first-order chi connectivity index (χ1) is 11.1. The van der Waals surface area contributed by atoms with Crippen molar-refractivity contribution in [3.8, 4) is 5.75 Å². The zero-order valence-corrected chi connectivity index (χ0v) is 14.7. The Balaban J connectivity index is 1.76. The molecule has 128 valence electrons. The van der Waals surface area contributed by atoms with Crippen molar-refractivity contribution >= 4 is 17.7 Å². The molecule has 1 unspecified atom stereocenters. The van der Waals surface area contributed by atoms with Crippen molar-refractivity contribution in [1.82, 2.24) is 9.80 Å². The first-order valence-electron chi connectivity index (χ1n) is 7.98. The summed E-state index contributed by atoms with van der Waals surface area (Å²) in [6.45, 7) is 6.09. The second-order valence-electron chi connectivity index (χ2n) is 5.75. The van der Waals surface area contributed by atoms with Gasteiger partial charge in [0.25, 0.3) is 5.91 Å². The quantitative estimate of drug-likeness (QED) is 0.811. The largest absolute Gasteiger partial charge is 0.490 e. The van der Waals surface area contributed by atoms with Crippen LogP contribution in [0.15, 0.2) is 24.3 Å². The van der Waals surface area contributed by atoms with Crippen LogP contribution in [0.3, 0.4) is 0 Å². The summed E-state index contributed by atoms with van der Waals surface area (Å²) in [5.41, 5.74) is 0.995. The summed E-state index contributed by atoms with van der Waals surface area (Å²) in [5, 5.41) is 10.1. The number of hydrogen-bond acceptors (Lipinski definition) is 5. The molecule has 5 nitrogen and oxygen atoms in total. The molecule has 0 aromatic heterocycles. The summed E-state index contributed by atoms with van der Waals surface area (Å²) in [6, 6.07) is 7.60. The number of rotatable bonds is 7. The van der Waals surface area contributed by atoms with Gasteiger partial charge in [-0.25, -0.2) is 0 Å². The summed E-state index contributed by atoms with van der Waals surface area (Å²) in [4.78, 5) is 16.4. The van der Waals surface area contributed by atoms with E-state index in [2.05, 4.69) is 11.2 Å². The molecule has 1 amide bonds. The molecule has 1 fully saturated rings. The Morgan fingerprint density at radius 3 is 2.65 bits per heavy atom. The highest BCUT2D eigenvalue weighted by Crippen LogP contribution is 2.16. The van der Waals surface area contributed by atoms with Crippen LogP contribution in [-0.4, -0.2) is 78.3 Å². The topological polar surface area (TPSA) is 53.0 Å².